The van der Waals surface area contributed by atoms with Crippen molar-refractivity contribution in [1.29, 1.82) is 0 Å². The van der Waals surface area contributed by atoms with Gasteiger partial charge in [-0.3, -0.25) is 15.6 Å². The lowest BCUT2D eigenvalue weighted by Gasteiger charge is -2.12. The van der Waals surface area contributed by atoms with Crippen molar-refractivity contribution < 1.29 is 9.90 Å². The third-order valence-corrected chi connectivity index (χ3v) is 3.32. The summed E-state index contributed by atoms with van der Waals surface area (Å²) in [4.78, 5) is 11.9. The van der Waals surface area contributed by atoms with E-state index < -0.39 is 0 Å². The quantitative estimate of drug-likeness (QED) is 0.560. The fourth-order valence-corrected chi connectivity index (χ4v) is 2.14. The summed E-state index contributed by atoms with van der Waals surface area (Å²) in [5.41, 5.74) is 6.88. The molecule has 1 saturated heterocycles. The average Bonchev–Trinajstić information content (AvgIpc) is 2.67. The minimum absolute atomic E-state index is 0.0405. The summed E-state index contributed by atoms with van der Waals surface area (Å²) in [7, 11) is 0. The first-order valence-electron chi connectivity index (χ1n) is 6.10. The smallest absolute Gasteiger partial charge is 0.185 e. The number of carbonyl (C=O) groups is 1. The number of carbonyl (C=O) groups excluding carboxylic acids is 1. The van der Waals surface area contributed by atoms with Crippen LogP contribution >= 0.6 is 0 Å². The second-order valence-corrected chi connectivity index (χ2v) is 4.71. The van der Waals surface area contributed by atoms with Crippen LogP contribution in [0.2, 0.25) is 0 Å². The van der Waals surface area contributed by atoms with Crippen LogP contribution in [-0.4, -0.2) is 23.0 Å². The Labute approximate surface area is 107 Å². The SMILES string of the molecule is CC1NNC(C)C1/C=C/C(=O)c1ccc(O)cc1. The van der Waals surface area contributed by atoms with E-state index in [0.717, 1.165) is 0 Å². The molecule has 0 radical (unpaired) electrons. The molecule has 2 atom stereocenters. The first-order chi connectivity index (χ1) is 8.58. The lowest BCUT2D eigenvalue weighted by molar-refractivity contribution is 0.104. The number of allylic oxidation sites excluding steroid dienone is 1. The maximum Gasteiger partial charge on any atom is 0.185 e. The zero-order valence-electron chi connectivity index (χ0n) is 10.6. The van der Waals surface area contributed by atoms with Gasteiger partial charge in [-0.1, -0.05) is 6.08 Å². The van der Waals surface area contributed by atoms with Crippen molar-refractivity contribution >= 4 is 5.78 Å². The van der Waals surface area contributed by atoms with Crippen LogP contribution in [0.5, 0.6) is 5.75 Å². The van der Waals surface area contributed by atoms with Crippen molar-refractivity contribution in [2.24, 2.45) is 5.92 Å². The molecule has 1 aromatic carbocycles. The Bertz CT molecular complexity index is 443. The number of benzene rings is 1. The highest BCUT2D eigenvalue weighted by molar-refractivity contribution is 6.04. The lowest BCUT2D eigenvalue weighted by Crippen LogP contribution is -2.30. The van der Waals surface area contributed by atoms with Gasteiger partial charge in [0.05, 0.1) is 0 Å². The van der Waals surface area contributed by atoms with Gasteiger partial charge in [-0.2, -0.15) is 0 Å². The Balaban J connectivity index is 2.05. The lowest BCUT2D eigenvalue weighted by atomic mass is 9.95. The number of hydrogen-bond acceptors (Lipinski definition) is 4. The van der Waals surface area contributed by atoms with Crippen LogP contribution in [0.25, 0.3) is 0 Å². The third kappa shape index (κ3) is 2.78. The van der Waals surface area contributed by atoms with Crippen LogP contribution in [0.3, 0.4) is 0 Å². The minimum atomic E-state index is -0.0405. The molecule has 96 valence electrons. The van der Waals surface area contributed by atoms with Crippen LogP contribution in [0.4, 0.5) is 0 Å². The van der Waals surface area contributed by atoms with Gasteiger partial charge in [-0.15, -0.1) is 0 Å². The summed E-state index contributed by atoms with van der Waals surface area (Å²) in [5, 5.41) is 9.16. The van der Waals surface area contributed by atoms with E-state index >= 15 is 0 Å². The molecule has 1 aromatic rings. The fraction of sp³-hybridized carbons (Fsp3) is 0.357. The fourth-order valence-electron chi connectivity index (χ4n) is 2.14. The summed E-state index contributed by atoms with van der Waals surface area (Å²) in [5.74, 6) is 0.425. The Kier molecular flexibility index (Phi) is 3.79. The maximum atomic E-state index is 11.9. The van der Waals surface area contributed by atoms with Crippen LogP contribution in [0.1, 0.15) is 24.2 Å². The number of ketones is 1. The number of hydrogen-bond donors (Lipinski definition) is 3. The number of nitrogens with one attached hydrogen (secondary N) is 2. The van der Waals surface area contributed by atoms with Crippen molar-refractivity contribution in [1.82, 2.24) is 10.9 Å². The molecule has 3 N–H and O–H groups in total. The predicted molar refractivity (Wildman–Crippen MR) is 70.3 cm³/mol. The number of rotatable bonds is 3. The summed E-state index contributed by atoms with van der Waals surface area (Å²) < 4.78 is 0. The molecule has 0 aliphatic carbocycles. The van der Waals surface area contributed by atoms with Gasteiger partial charge in [0.2, 0.25) is 0 Å². The van der Waals surface area contributed by atoms with Gasteiger partial charge < -0.3 is 5.11 Å². The zero-order valence-corrected chi connectivity index (χ0v) is 10.6. The molecular formula is C14H18N2O2. The molecule has 1 heterocycles. The number of phenolic OH excluding ortho intramolecular Hbond substituents is 1. The second kappa shape index (κ2) is 5.33. The Morgan fingerprint density at radius 2 is 1.72 bits per heavy atom. The molecule has 0 spiro atoms. The second-order valence-electron chi connectivity index (χ2n) is 4.71. The van der Waals surface area contributed by atoms with Crippen molar-refractivity contribution in [3.63, 3.8) is 0 Å². The number of hydrazine groups is 1. The van der Waals surface area contributed by atoms with Gasteiger partial charge in [0.1, 0.15) is 5.75 Å². The Morgan fingerprint density at radius 1 is 1.17 bits per heavy atom. The average molecular weight is 246 g/mol. The van der Waals surface area contributed by atoms with Crippen molar-refractivity contribution in [2.45, 2.75) is 25.9 Å². The molecule has 0 bridgehead atoms. The summed E-state index contributed by atoms with van der Waals surface area (Å²) in [6.45, 7) is 4.16. The monoisotopic (exact) mass is 246 g/mol. The highest BCUT2D eigenvalue weighted by Crippen LogP contribution is 2.17. The summed E-state index contributed by atoms with van der Waals surface area (Å²) in [6, 6.07) is 6.91. The van der Waals surface area contributed by atoms with Crippen LogP contribution in [0.15, 0.2) is 36.4 Å². The Hall–Kier alpha value is -1.65. The molecule has 2 rings (SSSR count). The molecule has 4 nitrogen and oxygen atoms in total. The minimum Gasteiger partial charge on any atom is -0.508 e. The molecule has 1 aliphatic heterocycles. The summed E-state index contributed by atoms with van der Waals surface area (Å²) >= 11 is 0. The highest BCUT2D eigenvalue weighted by Gasteiger charge is 2.27. The van der Waals surface area contributed by atoms with E-state index in [0.29, 0.717) is 23.6 Å². The first-order valence-corrected chi connectivity index (χ1v) is 6.10. The standard InChI is InChI=1S/C14H18N2O2/c1-9-13(10(2)16-15-9)7-8-14(18)11-3-5-12(17)6-4-11/h3-10,13,15-17H,1-2H3/b8-7+. The molecule has 0 aromatic heterocycles. The van der Waals surface area contributed by atoms with Gasteiger partial charge in [0, 0.05) is 23.6 Å². The summed E-state index contributed by atoms with van der Waals surface area (Å²) in [6.07, 6.45) is 3.55. The predicted octanol–water partition coefficient (Wildman–Crippen LogP) is 1.63. The van der Waals surface area contributed by atoms with Crippen LogP contribution in [-0.2, 0) is 0 Å². The van der Waals surface area contributed by atoms with Crippen molar-refractivity contribution in [2.75, 3.05) is 0 Å². The van der Waals surface area contributed by atoms with Gasteiger partial charge in [0.25, 0.3) is 0 Å². The van der Waals surface area contributed by atoms with Gasteiger partial charge in [-0.25, -0.2) is 0 Å². The molecule has 1 fully saturated rings. The van der Waals surface area contributed by atoms with Crippen LogP contribution in [0, 0.1) is 5.92 Å². The molecule has 0 amide bonds. The highest BCUT2D eigenvalue weighted by atomic mass is 16.3. The number of aromatic hydroxyl groups is 1. The molecule has 2 unspecified atom stereocenters. The van der Waals surface area contributed by atoms with Gasteiger partial charge in [0.15, 0.2) is 5.78 Å². The van der Waals surface area contributed by atoms with E-state index in [4.69, 9.17) is 5.11 Å². The normalized spacial score (nSPS) is 27.8. The van der Waals surface area contributed by atoms with E-state index in [2.05, 4.69) is 24.7 Å². The van der Waals surface area contributed by atoms with Gasteiger partial charge >= 0.3 is 0 Å². The van der Waals surface area contributed by atoms with Gasteiger partial charge in [-0.05, 0) is 44.2 Å². The van der Waals surface area contributed by atoms with E-state index in [1.54, 1.807) is 18.2 Å². The Morgan fingerprint density at radius 3 is 2.28 bits per heavy atom. The molecular weight excluding hydrogens is 228 g/mol. The largest absolute Gasteiger partial charge is 0.508 e. The number of phenols is 1. The maximum absolute atomic E-state index is 11.9. The van der Waals surface area contributed by atoms with E-state index in [1.807, 2.05) is 6.08 Å². The topological polar surface area (TPSA) is 61.4 Å². The molecule has 18 heavy (non-hydrogen) atoms. The third-order valence-electron chi connectivity index (χ3n) is 3.32. The zero-order chi connectivity index (χ0) is 13.1. The molecule has 4 heteroatoms. The van der Waals surface area contributed by atoms with Crippen molar-refractivity contribution in [3.8, 4) is 5.75 Å². The molecule has 0 saturated carbocycles. The van der Waals surface area contributed by atoms with E-state index in [9.17, 15) is 4.79 Å². The van der Waals surface area contributed by atoms with Crippen LogP contribution < -0.4 is 10.9 Å². The van der Waals surface area contributed by atoms with E-state index in [-0.39, 0.29) is 11.5 Å². The van der Waals surface area contributed by atoms with E-state index in [1.165, 1.54) is 12.1 Å². The molecule has 1 aliphatic rings. The first kappa shape index (κ1) is 12.8. The van der Waals surface area contributed by atoms with Crippen molar-refractivity contribution in [3.05, 3.63) is 42.0 Å².